The van der Waals surface area contributed by atoms with Crippen molar-refractivity contribution in [3.8, 4) is 0 Å². The first-order valence-electron chi connectivity index (χ1n) is 3.83. The van der Waals surface area contributed by atoms with E-state index < -0.39 is 0 Å². The van der Waals surface area contributed by atoms with Gasteiger partial charge in [-0.05, 0) is 24.8 Å². The molecule has 1 N–H and O–H groups in total. The lowest BCUT2D eigenvalue weighted by Crippen LogP contribution is -2.02. The Labute approximate surface area is 77.0 Å². The van der Waals surface area contributed by atoms with Gasteiger partial charge in [0.05, 0.1) is 6.10 Å². The minimum atomic E-state index is -0.381. The maximum absolute atomic E-state index is 9.64. The van der Waals surface area contributed by atoms with Crippen LogP contribution in [0, 0.1) is 6.92 Å². The predicted octanol–water partition coefficient (Wildman–Crippen LogP) is 1.79. The summed E-state index contributed by atoms with van der Waals surface area (Å²) >= 11 is 1.64. The summed E-state index contributed by atoms with van der Waals surface area (Å²) < 4.78 is 0. The fourth-order valence-electron chi connectivity index (χ4n) is 1.07. The number of hydrogen-bond donors (Lipinski definition) is 1. The molecule has 0 saturated heterocycles. The number of aliphatic hydroxyl groups excluding tert-OH is 1. The molecule has 1 aromatic heterocycles. The highest BCUT2D eigenvalue weighted by atomic mass is 32.2. The van der Waals surface area contributed by atoms with Gasteiger partial charge in [0.2, 0.25) is 0 Å². The van der Waals surface area contributed by atoms with Gasteiger partial charge in [-0.25, -0.2) is 0 Å². The van der Waals surface area contributed by atoms with Crippen LogP contribution in [0.15, 0.2) is 18.5 Å². The average molecular weight is 183 g/mol. The van der Waals surface area contributed by atoms with Gasteiger partial charge >= 0.3 is 0 Å². The molecule has 0 bridgehead atoms. The molecule has 0 aliphatic rings. The van der Waals surface area contributed by atoms with Crippen LogP contribution >= 0.6 is 11.8 Å². The van der Waals surface area contributed by atoms with Gasteiger partial charge < -0.3 is 5.11 Å². The summed E-state index contributed by atoms with van der Waals surface area (Å²) in [7, 11) is 0. The van der Waals surface area contributed by atoms with Crippen LogP contribution in [-0.4, -0.2) is 22.1 Å². The predicted molar refractivity (Wildman–Crippen MR) is 52.3 cm³/mol. The normalized spacial score (nSPS) is 12.9. The fourth-order valence-corrected chi connectivity index (χ4v) is 1.57. The number of aliphatic hydroxyl groups is 1. The summed E-state index contributed by atoms with van der Waals surface area (Å²) in [6.07, 6.45) is 5.07. The number of rotatable bonds is 3. The lowest BCUT2D eigenvalue weighted by atomic mass is 10.1. The van der Waals surface area contributed by atoms with Crippen molar-refractivity contribution in [3.05, 3.63) is 29.6 Å². The molecule has 0 aliphatic heterocycles. The van der Waals surface area contributed by atoms with E-state index in [2.05, 4.69) is 4.98 Å². The van der Waals surface area contributed by atoms with Crippen LogP contribution in [-0.2, 0) is 0 Å². The van der Waals surface area contributed by atoms with Crippen molar-refractivity contribution < 1.29 is 5.11 Å². The van der Waals surface area contributed by atoms with Crippen LogP contribution < -0.4 is 0 Å². The quantitative estimate of drug-likeness (QED) is 0.775. The smallest absolute Gasteiger partial charge is 0.0897 e. The van der Waals surface area contributed by atoms with Gasteiger partial charge in [-0.2, -0.15) is 11.8 Å². The van der Waals surface area contributed by atoms with Crippen LogP contribution in [0.4, 0.5) is 0 Å². The van der Waals surface area contributed by atoms with Gasteiger partial charge in [-0.1, -0.05) is 0 Å². The van der Waals surface area contributed by atoms with Gasteiger partial charge in [0.1, 0.15) is 0 Å². The zero-order valence-electron chi connectivity index (χ0n) is 7.32. The monoisotopic (exact) mass is 183 g/mol. The van der Waals surface area contributed by atoms with Gasteiger partial charge in [0.15, 0.2) is 0 Å². The van der Waals surface area contributed by atoms with Crippen molar-refractivity contribution in [2.75, 3.05) is 12.0 Å². The summed E-state index contributed by atoms with van der Waals surface area (Å²) in [6.45, 7) is 1.99. The number of hydrogen-bond acceptors (Lipinski definition) is 3. The van der Waals surface area contributed by atoms with E-state index in [-0.39, 0.29) is 6.10 Å². The van der Waals surface area contributed by atoms with E-state index in [9.17, 15) is 5.11 Å². The molecular formula is C9H13NOS. The molecule has 1 rings (SSSR count). The second-order valence-corrected chi connectivity index (χ2v) is 3.61. The molecule has 12 heavy (non-hydrogen) atoms. The maximum Gasteiger partial charge on any atom is 0.0897 e. The van der Waals surface area contributed by atoms with Gasteiger partial charge in [0, 0.05) is 23.7 Å². The average Bonchev–Trinajstić information content (AvgIpc) is 2.05. The largest absolute Gasteiger partial charge is 0.387 e. The molecule has 0 saturated carbocycles. The van der Waals surface area contributed by atoms with Crippen LogP contribution in [0.5, 0.6) is 0 Å². The molecule has 0 aliphatic carbocycles. The van der Waals surface area contributed by atoms with Gasteiger partial charge in [0.25, 0.3) is 0 Å². The molecule has 1 heterocycles. The lowest BCUT2D eigenvalue weighted by Gasteiger charge is -2.10. The zero-order chi connectivity index (χ0) is 8.97. The van der Waals surface area contributed by atoms with E-state index in [1.807, 2.05) is 19.2 Å². The molecule has 0 aromatic carbocycles. The number of pyridine rings is 1. The molecule has 1 aromatic rings. The Morgan fingerprint density at radius 3 is 3.00 bits per heavy atom. The van der Waals surface area contributed by atoms with Crippen LogP contribution in [0.1, 0.15) is 17.2 Å². The van der Waals surface area contributed by atoms with Crippen LogP contribution in [0.3, 0.4) is 0 Å². The molecule has 1 atom stereocenters. The Morgan fingerprint density at radius 1 is 1.67 bits per heavy atom. The molecule has 0 radical (unpaired) electrons. The summed E-state index contributed by atoms with van der Waals surface area (Å²) in [5.41, 5.74) is 2.04. The third kappa shape index (κ3) is 2.22. The fraction of sp³-hybridized carbons (Fsp3) is 0.444. The van der Waals surface area contributed by atoms with Crippen molar-refractivity contribution in [1.82, 2.24) is 4.98 Å². The number of thioether (sulfide) groups is 1. The SMILES string of the molecule is CSCC(O)c1cnccc1C. The number of aromatic nitrogens is 1. The Bertz CT molecular complexity index is 252. The van der Waals surface area contributed by atoms with Crippen molar-refractivity contribution in [3.63, 3.8) is 0 Å². The van der Waals surface area contributed by atoms with E-state index >= 15 is 0 Å². The minimum Gasteiger partial charge on any atom is -0.387 e. The first-order chi connectivity index (χ1) is 5.75. The minimum absolute atomic E-state index is 0.381. The molecule has 66 valence electrons. The topological polar surface area (TPSA) is 33.1 Å². The molecular weight excluding hydrogens is 170 g/mol. The lowest BCUT2D eigenvalue weighted by molar-refractivity contribution is 0.203. The third-order valence-electron chi connectivity index (χ3n) is 1.76. The molecule has 3 heteroatoms. The van der Waals surface area contributed by atoms with Crippen molar-refractivity contribution in [2.24, 2.45) is 0 Å². The number of nitrogens with zero attached hydrogens (tertiary/aromatic N) is 1. The van der Waals surface area contributed by atoms with Gasteiger partial charge in [-0.15, -0.1) is 0 Å². The summed E-state index contributed by atoms with van der Waals surface area (Å²) in [4.78, 5) is 3.98. The standard InChI is InChI=1S/C9H13NOS/c1-7-3-4-10-5-8(7)9(11)6-12-2/h3-5,9,11H,6H2,1-2H3. The van der Waals surface area contributed by atoms with Crippen LogP contribution in [0.2, 0.25) is 0 Å². The highest BCUT2D eigenvalue weighted by molar-refractivity contribution is 7.98. The third-order valence-corrected chi connectivity index (χ3v) is 2.41. The Kier molecular flexibility index (Phi) is 3.56. The van der Waals surface area contributed by atoms with E-state index in [0.29, 0.717) is 0 Å². The summed E-state index contributed by atoms with van der Waals surface area (Å²) in [6, 6.07) is 1.92. The van der Waals surface area contributed by atoms with Crippen molar-refractivity contribution >= 4 is 11.8 Å². The Morgan fingerprint density at radius 2 is 2.42 bits per heavy atom. The van der Waals surface area contributed by atoms with E-state index in [1.165, 1.54) is 0 Å². The molecule has 1 unspecified atom stereocenters. The van der Waals surface area contributed by atoms with Gasteiger partial charge in [-0.3, -0.25) is 4.98 Å². The first kappa shape index (κ1) is 9.55. The highest BCUT2D eigenvalue weighted by Gasteiger charge is 2.08. The Balaban J connectivity index is 2.79. The zero-order valence-corrected chi connectivity index (χ0v) is 8.14. The maximum atomic E-state index is 9.64. The first-order valence-corrected chi connectivity index (χ1v) is 5.22. The molecule has 0 fully saturated rings. The van der Waals surface area contributed by atoms with E-state index in [4.69, 9.17) is 0 Å². The van der Waals surface area contributed by atoms with Crippen LogP contribution in [0.25, 0.3) is 0 Å². The van der Waals surface area contributed by atoms with Crippen molar-refractivity contribution in [1.29, 1.82) is 0 Å². The second kappa shape index (κ2) is 4.48. The second-order valence-electron chi connectivity index (χ2n) is 2.70. The summed E-state index contributed by atoms with van der Waals surface area (Å²) in [5, 5.41) is 9.64. The van der Waals surface area contributed by atoms with E-state index in [1.54, 1.807) is 24.2 Å². The summed E-state index contributed by atoms with van der Waals surface area (Å²) in [5.74, 6) is 0.729. The Hall–Kier alpha value is -0.540. The number of aryl methyl sites for hydroxylation is 1. The molecule has 0 amide bonds. The highest BCUT2D eigenvalue weighted by Crippen LogP contribution is 2.18. The van der Waals surface area contributed by atoms with E-state index in [0.717, 1.165) is 16.9 Å². The van der Waals surface area contributed by atoms with Crippen molar-refractivity contribution in [2.45, 2.75) is 13.0 Å². The molecule has 2 nitrogen and oxygen atoms in total. The molecule has 0 spiro atoms.